The van der Waals surface area contributed by atoms with E-state index in [4.69, 9.17) is 4.74 Å². The van der Waals surface area contributed by atoms with Crippen LogP contribution >= 0.6 is 0 Å². The summed E-state index contributed by atoms with van der Waals surface area (Å²) in [5.41, 5.74) is 1.35. The van der Waals surface area contributed by atoms with Gasteiger partial charge < -0.3 is 14.7 Å². The molecule has 0 aliphatic heterocycles. The number of hydrogen-bond acceptors (Lipinski definition) is 3. The smallest absolute Gasteiger partial charge is 0.119 e. The number of benzene rings is 1. The maximum atomic E-state index is 9.20. The van der Waals surface area contributed by atoms with Crippen molar-refractivity contribution in [3.05, 3.63) is 29.8 Å². The molecule has 3 nitrogen and oxygen atoms in total. The second-order valence-corrected chi connectivity index (χ2v) is 6.29. The lowest BCUT2D eigenvalue weighted by molar-refractivity contribution is 0.127. The predicted octanol–water partition coefficient (Wildman–Crippen LogP) is 3.11. The van der Waals surface area contributed by atoms with E-state index in [-0.39, 0.29) is 0 Å². The Morgan fingerprint density at radius 2 is 2.00 bits per heavy atom. The van der Waals surface area contributed by atoms with Crippen LogP contribution in [-0.4, -0.2) is 43.4 Å². The van der Waals surface area contributed by atoms with Crippen molar-refractivity contribution in [2.24, 2.45) is 5.92 Å². The van der Waals surface area contributed by atoms with Crippen LogP contribution in [-0.2, 0) is 6.42 Å². The third-order valence-electron chi connectivity index (χ3n) is 4.81. The van der Waals surface area contributed by atoms with Gasteiger partial charge in [-0.3, -0.25) is 0 Å². The second kappa shape index (κ2) is 8.40. The summed E-state index contributed by atoms with van der Waals surface area (Å²) in [4.78, 5) is 2.51. The first-order valence-corrected chi connectivity index (χ1v) is 8.17. The number of ether oxygens (including phenoxy) is 1. The highest BCUT2D eigenvalue weighted by Gasteiger charge is 2.23. The summed E-state index contributed by atoms with van der Waals surface area (Å²) in [6.45, 7) is 1.51. The van der Waals surface area contributed by atoms with Crippen LogP contribution in [0.3, 0.4) is 0 Å². The number of nitrogens with zero attached hydrogens (tertiary/aromatic N) is 1. The average molecular weight is 291 g/mol. The molecule has 1 saturated carbocycles. The highest BCUT2D eigenvalue weighted by molar-refractivity contribution is 5.28. The van der Waals surface area contributed by atoms with Crippen LogP contribution in [0.1, 0.15) is 37.7 Å². The Balaban J connectivity index is 1.70. The number of methoxy groups -OCH3 is 1. The van der Waals surface area contributed by atoms with Crippen LogP contribution in [0.4, 0.5) is 0 Å². The average Bonchev–Trinajstić information content (AvgIpc) is 2.55. The highest BCUT2D eigenvalue weighted by Crippen LogP contribution is 2.26. The maximum Gasteiger partial charge on any atom is 0.119 e. The van der Waals surface area contributed by atoms with E-state index in [0.717, 1.165) is 18.7 Å². The highest BCUT2D eigenvalue weighted by atomic mass is 16.5. The van der Waals surface area contributed by atoms with Gasteiger partial charge in [-0.2, -0.15) is 0 Å². The molecule has 2 rings (SSSR count). The standard InChI is InChI=1S/C18H29NO2/c1-19(17-10-8-16(14-20)9-11-17)12-4-6-15-5-3-7-18(13-15)21-2/h3,5,7,13,16-17,20H,4,6,8-12,14H2,1-2H3. The van der Waals surface area contributed by atoms with Crippen LogP contribution < -0.4 is 4.74 Å². The molecule has 1 aromatic carbocycles. The Morgan fingerprint density at radius 3 is 2.67 bits per heavy atom. The summed E-state index contributed by atoms with van der Waals surface area (Å²) in [7, 11) is 3.96. The van der Waals surface area contributed by atoms with E-state index >= 15 is 0 Å². The van der Waals surface area contributed by atoms with Crippen molar-refractivity contribution < 1.29 is 9.84 Å². The molecule has 1 aromatic rings. The van der Waals surface area contributed by atoms with Gasteiger partial charge in [-0.1, -0.05) is 12.1 Å². The van der Waals surface area contributed by atoms with Crippen LogP contribution in [0, 0.1) is 5.92 Å². The first-order valence-electron chi connectivity index (χ1n) is 8.17. The van der Waals surface area contributed by atoms with E-state index in [1.807, 2.05) is 6.07 Å². The van der Waals surface area contributed by atoms with E-state index in [0.29, 0.717) is 18.6 Å². The van der Waals surface area contributed by atoms with Gasteiger partial charge >= 0.3 is 0 Å². The van der Waals surface area contributed by atoms with Gasteiger partial charge in [-0.25, -0.2) is 0 Å². The molecule has 1 N–H and O–H groups in total. The fraction of sp³-hybridized carbons (Fsp3) is 0.667. The number of aliphatic hydroxyl groups excluding tert-OH is 1. The van der Waals surface area contributed by atoms with Crippen molar-refractivity contribution in [1.82, 2.24) is 4.90 Å². The van der Waals surface area contributed by atoms with Crippen LogP contribution in [0.15, 0.2) is 24.3 Å². The molecule has 3 heteroatoms. The molecular formula is C18H29NO2. The van der Waals surface area contributed by atoms with Crippen molar-refractivity contribution in [3.8, 4) is 5.75 Å². The number of rotatable bonds is 7. The van der Waals surface area contributed by atoms with Gasteiger partial charge in [0.05, 0.1) is 7.11 Å². The van der Waals surface area contributed by atoms with E-state index in [1.54, 1.807) is 7.11 Å². The van der Waals surface area contributed by atoms with Gasteiger partial charge in [0, 0.05) is 12.6 Å². The topological polar surface area (TPSA) is 32.7 Å². The van der Waals surface area contributed by atoms with Crippen molar-refractivity contribution in [1.29, 1.82) is 0 Å². The molecule has 0 radical (unpaired) electrons. The molecule has 1 aliphatic rings. The molecule has 118 valence electrons. The Kier molecular flexibility index (Phi) is 6.52. The minimum Gasteiger partial charge on any atom is -0.497 e. The zero-order chi connectivity index (χ0) is 15.1. The van der Waals surface area contributed by atoms with Gasteiger partial charge in [0.2, 0.25) is 0 Å². The summed E-state index contributed by atoms with van der Waals surface area (Å²) in [6, 6.07) is 9.07. The van der Waals surface area contributed by atoms with Gasteiger partial charge in [-0.05, 0) is 75.7 Å². The zero-order valence-electron chi connectivity index (χ0n) is 13.4. The first-order chi connectivity index (χ1) is 10.2. The van der Waals surface area contributed by atoms with Gasteiger partial charge in [0.15, 0.2) is 0 Å². The molecule has 0 saturated heterocycles. The number of aliphatic hydroxyl groups is 1. The summed E-state index contributed by atoms with van der Waals surface area (Å²) in [5, 5.41) is 9.20. The molecule has 1 aliphatic carbocycles. The molecule has 0 unspecified atom stereocenters. The monoisotopic (exact) mass is 291 g/mol. The van der Waals surface area contributed by atoms with Crippen LogP contribution in [0.2, 0.25) is 0 Å². The van der Waals surface area contributed by atoms with Crippen molar-refractivity contribution in [2.75, 3.05) is 27.3 Å². The van der Waals surface area contributed by atoms with E-state index in [2.05, 4.69) is 30.1 Å². The Hall–Kier alpha value is -1.06. The summed E-state index contributed by atoms with van der Waals surface area (Å²) in [6.07, 6.45) is 7.13. The normalized spacial score (nSPS) is 22.5. The minimum absolute atomic E-state index is 0.367. The van der Waals surface area contributed by atoms with E-state index in [9.17, 15) is 5.11 Å². The van der Waals surface area contributed by atoms with Gasteiger partial charge in [0.25, 0.3) is 0 Å². The van der Waals surface area contributed by atoms with Gasteiger partial charge in [0.1, 0.15) is 5.75 Å². The molecule has 0 bridgehead atoms. The molecule has 21 heavy (non-hydrogen) atoms. The third kappa shape index (κ3) is 5.01. The first kappa shape index (κ1) is 16.3. The SMILES string of the molecule is COc1cccc(CCCN(C)C2CCC(CO)CC2)c1. The summed E-state index contributed by atoms with van der Waals surface area (Å²) < 4.78 is 5.27. The second-order valence-electron chi connectivity index (χ2n) is 6.29. The fourth-order valence-corrected chi connectivity index (χ4v) is 3.31. The molecule has 1 fully saturated rings. The van der Waals surface area contributed by atoms with Crippen molar-refractivity contribution in [3.63, 3.8) is 0 Å². The molecule has 0 amide bonds. The van der Waals surface area contributed by atoms with E-state index in [1.165, 1.54) is 37.7 Å². The lowest BCUT2D eigenvalue weighted by Gasteiger charge is -2.34. The third-order valence-corrected chi connectivity index (χ3v) is 4.81. The van der Waals surface area contributed by atoms with Crippen molar-refractivity contribution in [2.45, 2.75) is 44.6 Å². The molecule has 0 spiro atoms. The predicted molar refractivity (Wildman–Crippen MR) is 86.8 cm³/mol. The summed E-state index contributed by atoms with van der Waals surface area (Å²) >= 11 is 0. The lowest BCUT2D eigenvalue weighted by atomic mass is 9.86. The largest absolute Gasteiger partial charge is 0.497 e. The summed E-state index contributed by atoms with van der Waals surface area (Å²) in [5.74, 6) is 1.50. The van der Waals surface area contributed by atoms with Crippen LogP contribution in [0.5, 0.6) is 5.75 Å². The quantitative estimate of drug-likeness (QED) is 0.838. The fourth-order valence-electron chi connectivity index (χ4n) is 3.31. The maximum absolute atomic E-state index is 9.20. The molecule has 0 atom stereocenters. The van der Waals surface area contributed by atoms with Gasteiger partial charge in [-0.15, -0.1) is 0 Å². The Morgan fingerprint density at radius 1 is 1.24 bits per heavy atom. The Bertz CT molecular complexity index is 413. The molecule has 0 heterocycles. The van der Waals surface area contributed by atoms with Crippen molar-refractivity contribution >= 4 is 0 Å². The van der Waals surface area contributed by atoms with E-state index < -0.39 is 0 Å². The molecular weight excluding hydrogens is 262 g/mol. The number of aryl methyl sites for hydroxylation is 1. The number of hydrogen-bond donors (Lipinski definition) is 1. The minimum atomic E-state index is 0.367. The zero-order valence-corrected chi connectivity index (χ0v) is 13.4. The lowest BCUT2D eigenvalue weighted by Crippen LogP contribution is -2.36. The Labute approximate surface area is 128 Å². The van der Waals surface area contributed by atoms with Crippen LogP contribution in [0.25, 0.3) is 0 Å². The molecule has 0 aromatic heterocycles.